The van der Waals surface area contributed by atoms with E-state index in [1.807, 2.05) is 30.3 Å². The van der Waals surface area contributed by atoms with Crippen LogP contribution in [0.3, 0.4) is 0 Å². The molecular weight excluding hydrogens is 124 g/mol. The molecule has 1 rings (SSSR count). The molecule has 0 spiro atoms. The predicted molar refractivity (Wildman–Crippen MR) is 39.7 cm³/mol. The molecule has 0 fully saturated rings. The van der Waals surface area contributed by atoms with E-state index in [4.69, 9.17) is 0 Å². The Morgan fingerprint density at radius 3 is 1.70 bits per heavy atom. The van der Waals surface area contributed by atoms with Crippen molar-refractivity contribution >= 4 is 0 Å². The van der Waals surface area contributed by atoms with Gasteiger partial charge in [0.05, 0.1) is 0 Å². The van der Waals surface area contributed by atoms with Crippen molar-refractivity contribution in [3.63, 3.8) is 0 Å². The number of hydrogen-bond acceptors (Lipinski definition) is 2. The van der Waals surface area contributed by atoms with E-state index in [1.165, 1.54) is 6.33 Å². The lowest BCUT2D eigenvalue weighted by Crippen LogP contribution is -1.63. The molecule has 50 valence electrons. The first-order valence-electron chi connectivity index (χ1n) is 3.03. The van der Waals surface area contributed by atoms with Gasteiger partial charge in [-0.3, -0.25) is 0 Å². The van der Waals surface area contributed by atoms with Crippen LogP contribution < -0.4 is 0 Å². The predicted octanol–water partition coefficient (Wildman–Crippen LogP) is 1.60. The molecule has 10 heavy (non-hydrogen) atoms. The Kier molecular flexibility index (Phi) is 2.96. The summed E-state index contributed by atoms with van der Waals surface area (Å²) in [5.74, 6) is 0. The smallest absolute Gasteiger partial charge is 0.115 e. The highest BCUT2D eigenvalue weighted by Gasteiger charge is 1.59. The van der Waals surface area contributed by atoms with Crippen molar-refractivity contribution < 1.29 is 0 Å². The average molecular weight is 132 g/mol. The molecular formula is C8H8N2. The Morgan fingerprint density at radius 1 is 0.600 bits per heavy atom. The fourth-order valence-electron chi connectivity index (χ4n) is 0.507. The van der Waals surface area contributed by atoms with Crippen molar-refractivity contribution in [1.29, 1.82) is 0 Å². The van der Waals surface area contributed by atoms with Gasteiger partial charge < -0.3 is 0 Å². The van der Waals surface area contributed by atoms with Crippen molar-refractivity contribution in [3.05, 3.63) is 49.1 Å². The van der Waals surface area contributed by atoms with Crippen LogP contribution in [0.2, 0.25) is 0 Å². The third-order valence-corrected chi connectivity index (χ3v) is 0.922. The van der Waals surface area contributed by atoms with Gasteiger partial charge in [0.1, 0.15) is 6.33 Å². The molecule has 0 saturated heterocycles. The number of rotatable bonds is 0. The van der Waals surface area contributed by atoms with Crippen LogP contribution in [0.1, 0.15) is 0 Å². The van der Waals surface area contributed by atoms with Crippen molar-refractivity contribution in [2.24, 2.45) is 0 Å². The summed E-state index contributed by atoms with van der Waals surface area (Å²) in [7, 11) is 0. The van der Waals surface area contributed by atoms with E-state index in [-0.39, 0.29) is 0 Å². The lowest BCUT2D eigenvalue weighted by molar-refractivity contribution is 1.20. The second kappa shape index (κ2) is 4.44. The molecule has 0 aliphatic carbocycles. The summed E-state index contributed by atoms with van der Waals surface area (Å²) < 4.78 is 0. The van der Waals surface area contributed by atoms with Crippen LogP contribution in [0, 0.1) is 0 Å². The molecule has 2 heteroatoms. The highest BCUT2D eigenvalue weighted by Crippen LogP contribution is 1.74. The second-order valence-electron chi connectivity index (χ2n) is 1.67. The van der Waals surface area contributed by atoms with Gasteiger partial charge in [-0.15, -0.1) is 0 Å². The molecule has 0 N–H and O–H groups in total. The van der Waals surface area contributed by atoms with Crippen LogP contribution in [0.25, 0.3) is 0 Å². The molecule has 1 aromatic heterocycles. The van der Waals surface area contributed by atoms with Crippen molar-refractivity contribution in [1.82, 2.24) is 9.97 Å². The first-order chi connectivity index (χ1) is 5.00. The Balaban J connectivity index is 3.00. The summed E-state index contributed by atoms with van der Waals surface area (Å²) in [5, 5.41) is 0. The SMILES string of the molecule is c1cccncnccc1. The summed E-state index contributed by atoms with van der Waals surface area (Å²) in [6, 6.07) is 9.44. The summed E-state index contributed by atoms with van der Waals surface area (Å²) in [5.41, 5.74) is 0. The molecule has 0 aromatic carbocycles. The molecule has 0 atom stereocenters. The summed E-state index contributed by atoms with van der Waals surface area (Å²) in [6.07, 6.45) is 4.88. The minimum absolute atomic E-state index is 1.50. The van der Waals surface area contributed by atoms with Crippen LogP contribution in [-0.4, -0.2) is 9.97 Å². The maximum absolute atomic E-state index is 3.84. The van der Waals surface area contributed by atoms with Gasteiger partial charge in [0, 0.05) is 12.4 Å². The molecule has 0 amide bonds. The zero-order valence-corrected chi connectivity index (χ0v) is 5.51. The average Bonchev–Trinajstić information content (AvgIpc) is 2.01. The fourth-order valence-corrected chi connectivity index (χ4v) is 0.507. The molecule has 0 aliphatic rings. The summed E-state index contributed by atoms with van der Waals surface area (Å²) in [6.45, 7) is 0. The van der Waals surface area contributed by atoms with Crippen LogP contribution in [0.4, 0.5) is 0 Å². The number of hydrogen-bond donors (Lipinski definition) is 0. The van der Waals surface area contributed by atoms with E-state index in [0.717, 1.165) is 0 Å². The Labute approximate surface area is 59.9 Å². The number of aromatic nitrogens is 2. The van der Waals surface area contributed by atoms with E-state index in [0.29, 0.717) is 0 Å². The third-order valence-electron chi connectivity index (χ3n) is 0.922. The molecule has 0 radical (unpaired) electrons. The van der Waals surface area contributed by atoms with Crippen molar-refractivity contribution in [3.8, 4) is 0 Å². The van der Waals surface area contributed by atoms with Crippen LogP contribution in [-0.2, 0) is 0 Å². The lowest BCUT2D eigenvalue weighted by atomic mass is 10.5. The summed E-state index contributed by atoms with van der Waals surface area (Å²) in [4.78, 5) is 7.69. The van der Waals surface area contributed by atoms with E-state index in [9.17, 15) is 0 Å². The van der Waals surface area contributed by atoms with Gasteiger partial charge >= 0.3 is 0 Å². The van der Waals surface area contributed by atoms with Gasteiger partial charge in [0.2, 0.25) is 0 Å². The van der Waals surface area contributed by atoms with Gasteiger partial charge in [-0.1, -0.05) is 18.2 Å². The minimum atomic E-state index is 1.50. The van der Waals surface area contributed by atoms with Crippen molar-refractivity contribution in [2.45, 2.75) is 0 Å². The molecule has 1 heterocycles. The normalized spacial score (nSPS) is 8.00. The van der Waals surface area contributed by atoms with E-state index in [1.54, 1.807) is 12.4 Å². The monoisotopic (exact) mass is 132 g/mol. The largest absolute Gasteiger partial charge is 0.245 e. The third kappa shape index (κ3) is 2.77. The highest BCUT2D eigenvalue weighted by atomic mass is 14.8. The van der Waals surface area contributed by atoms with Gasteiger partial charge in [-0.05, 0) is 12.1 Å². The molecule has 0 aliphatic heterocycles. The van der Waals surface area contributed by atoms with Gasteiger partial charge in [-0.2, -0.15) is 0 Å². The lowest BCUT2D eigenvalue weighted by Gasteiger charge is -1.70. The van der Waals surface area contributed by atoms with Gasteiger partial charge in [0.25, 0.3) is 0 Å². The highest BCUT2D eigenvalue weighted by molar-refractivity contribution is 4.90. The summed E-state index contributed by atoms with van der Waals surface area (Å²) >= 11 is 0. The Morgan fingerprint density at radius 2 is 1.10 bits per heavy atom. The molecule has 2 nitrogen and oxygen atoms in total. The Bertz CT molecular complexity index is 146. The van der Waals surface area contributed by atoms with Gasteiger partial charge in [0.15, 0.2) is 0 Å². The fraction of sp³-hybridized carbons (Fsp3) is 0. The van der Waals surface area contributed by atoms with Crippen LogP contribution in [0.5, 0.6) is 0 Å². The second-order valence-corrected chi connectivity index (χ2v) is 1.67. The first kappa shape index (κ1) is 6.68. The first-order valence-corrected chi connectivity index (χ1v) is 3.03. The molecule has 0 unspecified atom stereocenters. The van der Waals surface area contributed by atoms with Crippen LogP contribution in [0.15, 0.2) is 49.1 Å². The standard InChI is InChI=1S/C8H8N2/c1-2-4-6-9-8-10-7-5-3-1/h1-8H. The Hall–Kier alpha value is -1.44. The zero-order valence-electron chi connectivity index (χ0n) is 5.51. The van der Waals surface area contributed by atoms with Crippen LogP contribution >= 0.6 is 0 Å². The number of nitrogens with zero attached hydrogens (tertiary/aromatic N) is 2. The topological polar surface area (TPSA) is 25.8 Å². The van der Waals surface area contributed by atoms with E-state index >= 15 is 0 Å². The quantitative estimate of drug-likeness (QED) is 0.535. The van der Waals surface area contributed by atoms with E-state index in [2.05, 4.69) is 9.97 Å². The van der Waals surface area contributed by atoms with Gasteiger partial charge in [-0.25, -0.2) is 9.97 Å². The minimum Gasteiger partial charge on any atom is -0.245 e. The molecule has 1 aromatic rings. The maximum atomic E-state index is 3.84. The molecule has 0 saturated carbocycles. The zero-order chi connectivity index (χ0) is 7.07. The van der Waals surface area contributed by atoms with E-state index < -0.39 is 0 Å². The molecule has 0 bridgehead atoms. The van der Waals surface area contributed by atoms with Crippen molar-refractivity contribution in [2.75, 3.05) is 0 Å². The maximum Gasteiger partial charge on any atom is 0.115 e.